The molecule has 1 amide bonds. The van der Waals surface area contributed by atoms with Crippen LogP contribution in [0.3, 0.4) is 0 Å². The summed E-state index contributed by atoms with van der Waals surface area (Å²) in [6, 6.07) is 2.02. The number of carbonyl (C=O) groups excluding carboxylic acids is 1. The van der Waals surface area contributed by atoms with Gasteiger partial charge in [0.05, 0.1) is 29.0 Å². The van der Waals surface area contributed by atoms with Gasteiger partial charge in [0.1, 0.15) is 5.82 Å². The second-order valence-corrected chi connectivity index (χ2v) is 7.63. The Morgan fingerprint density at radius 2 is 2.16 bits per heavy atom. The van der Waals surface area contributed by atoms with Crippen molar-refractivity contribution in [3.05, 3.63) is 30.5 Å². The van der Waals surface area contributed by atoms with Crippen molar-refractivity contribution in [3.8, 4) is 0 Å². The maximum absolute atomic E-state index is 12.7. The number of nitrogens with zero attached hydrogens (tertiary/aromatic N) is 4. The van der Waals surface area contributed by atoms with Crippen molar-refractivity contribution in [1.29, 1.82) is 0 Å². The Morgan fingerprint density at radius 3 is 2.96 bits per heavy atom. The van der Waals surface area contributed by atoms with E-state index in [1.165, 1.54) is 0 Å². The number of imidazole rings is 1. The number of likely N-dealkylation sites (tertiary alicyclic amines) is 1. The smallest absolute Gasteiger partial charge is 0.242 e. The Balaban J connectivity index is 1.56. The van der Waals surface area contributed by atoms with Crippen molar-refractivity contribution >= 4 is 22.6 Å². The lowest BCUT2D eigenvalue weighted by Crippen LogP contribution is -2.50. The molecule has 4 heterocycles. The number of fused-ring (bicyclic) bond motifs is 3. The number of hydrogen-bond acceptors (Lipinski definition) is 4. The number of aromatic amines is 1. The van der Waals surface area contributed by atoms with E-state index in [1.54, 1.807) is 0 Å². The first-order chi connectivity index (χ1) is 12.1. The van der Waals surface area contributed by atoms with Gasteiger partial charge >= 0.3 is 0 Å². The number of nitrogens with two attached hydrogens (primary N) is 1. The van der Waals surface area contributed by atoms with Crippen LogP contribution in [0.15, 0.2) is 24.7 Å². The Hall–Kier alpha value is -2.41. The molecule has 2 fully saturated rings. The highest BCUT2D eigenvalue weighted by Crippen LogP contribution is 2.38. The van der Waals surface area contributed by atoms with Crippen molar-refractivity contribution in [3.63, 3.8) is 0 Å². The van der Waals surface area contributed by atoms with Gasteiger partial charge in [0.15, 0.2) is 5.65 Å². The van der Waals surface area contributed by atoms with Gasteiger partial charge in [-0.2, -0.15) is 0 Å². The summed E-state index contributed by atoms with van der Waals surface area (Å²) in [5.74, 6) is 1.78. The maximum Gasteiger partial charge on any atom is 0.242 e. The fraction of sp³-hybridized carbons (Fsp3) is 0.500. The molecule has 3 N–H and O–H groups in total. The summed E-state index contributed by atoms with van der Waals surface area (Å²) in [5.41, 5.74) is 8.40. The first-order valence-corrected chi connectivity index (χ1v) is 8.94. The third-order valence-corrected chi connectivity index (χ3v) is 5.88. The van der Waals surface area contributed by atoms with Crippen molar-refractivity contribution in [2.45, 2.75) is 37.6 Å². The zero-order valence-electron chi connectivity index (χ0n) is 14.3. The molecule has 5 rings (SSSR count). The number of piperidine rings is 1. The van der Waals surface area contributed by atoms with Gasteiger partial charge in [0.2, 0.25) is 5.91 Å². The Kier molecular flexibility index (Phi) is 3.01. The van der Waals surface area contributed by atoms with Gasteiger partial charge in [0.25, 0.3) is 0 Å². The van der Waals surface area contributed by atoms with Crippen LogP contribution in [0.4, 0.5) is 0 Å². The molecule has 3 aromatic heterocycles. The highest BCUT2D eigenvalue weighted by Gasteiger charge is 2.49. The first kappa shape index (κ1) is 14.9. The van der Waals surface area contributed by atoms with Crippen LogP contribution in [0, 0.1) is 5.92 Å². The van der Waals surface area contributed by atoms with Crippen LogP contribution in [0.5, 0.6) is 0 Å². The molecule has 0 bridgehead atoms. The lowest BCUT2D eigenvalue weighted by atomic mass is 9.86. The minimum atomic E-state index is -0.600. The number of carbonyl (C=O) groups is 1. The van der Waals surface area contributed by atoms with Crippen molar-refractivity contribution in [2.75, 3.05) is 13.1 Å². The Bertz CT molecular complexity index is 968. The molecular formula is C18H22N6O. The molecule has 7 nitrogen and oxygen atoms in total. The number of nitrogens with one attached hydrogen (secondary N) is 1. The molecular weight excluding hydrogens is 316 g/mol. The van der Waals surface area contributed by atoms with E-state index in [0.717, 1.165) is 48.3 Å². The van der Waals surface area contributed by atoms with Gasteiger partial charge in [-0.25, -0.2) is 9.97 Å². The predicted molar refractivity (Wildman–Crippen MR) is 94.1 cm³/mol. The number of aromatic nitrogens is 4. The summed E-state index contributed by atoms with van der Waals surface area (Å²) < 4.78 is 2.17. The third-order valence-electron chi connectivity index (χ3n) is 5.88. The Labute approximate surface area is 145 Å². The molecule has 3 aromatic rings. The maximum atomic E-state index is 12.7. The minimum absolute atomic E-state index is 0.110. The van der Waals surface area contributed by atoms with Crippen LogP contribution >= 0.6 is 0 Å². The van der Waals surface area contributed by atoms with Crippen molar-refractivity contribution in [2.24, 2.45) is 11.7 Å². The van der Waals surface area contributed by atoms with Gasteiger partial charge in [0, 0.05) is 25.2 Å². The molecule has 0 spiro atoms. The van der Waals surface area contributed by atoms with E-state index in [2.05, 4.69) is 21.3 Å². The second-order valence-electron chi connectivity index (χ2n) is 7.63. The highest BCUT2D eigenvalue weighted by atomic mass is 16.2. The molecule has 0 unspecified atom stereocenters. The number of H-pyrrole nitrogens is 1. The number of rotatable bonds is 2. The van der Waals surface area contributed by atoms with Crippen molar-refractivity contribution < 1.29 is 4.79 Å². The molecule has 1 saturated heterocycles. The zero-order valence-corrected chi connectivity index (χ0v) is 14.3. The summed E-state index contributed by atoms with van der Waals surface area (Å²) in [5, 5.41) is 0. The highest BCUT2D eigenvalue weighted by molar-refractivity contribution is 5.89. The minimum Gasteiger partial charge on any atom is -0.345 e. The fourth-order valence-electron chi connectivity index (χ4n) is 4.02. The van der Waals surface area contributed by atoms with E-state index < -0.39 is 5.54 Å². The second kappa shape index (κ2) is 5.05. The van der Waals surface area contributed by atoms with Crippen LogP contribution < -0.4 is 5.73 Å². The van der Waals surface area contributed by atoms with E-state index in [4.69, 9.17) is 10.7 Å². The van der Waals surface area contributed by atoms with Gasteiger partial charge in [-0.1, -0.05) is 6.92 Å². The SMILES string of the molecule is C[C@@H]1CCN(C(=O)C2(N)CC2)C[C@@H]1c1ncc2cnc3[nH]ccc3n12. The molecule has 7 heteroatoms. The summed E-state index contributed by atoms with van der Waals surface area (Å²) in [6.45, 7) is 3.73. The molecule has 130 valence electrons. The lowest BCUT2D eigenvalue weighted by molar-refractivity contribution is -0.135. The van der Waals surface area contributed by atoms with Gasteiger partial charge in [-0.15, -0.1) is 0 Å². The van der Waals surface area contributed by atoms with Crippen LogP contribution in [0.1, 0.15) is 37.9 Å². The molecule has 1 saturated carbocycles. The topological polar surface area (TPSA) is 92.3 Å². The summed E-state index contributed by atoms with van der Waals surface area (Å²) in [7, 11) is 0. The quantitative estimate of drug-likeness (QED) is 0.743. The predicted octanol–water partition coefficient (Wildman–Crippen LogP) is 1.65. The van der Waals surface area contributed by atoms with E-state index in [1.807, 2.05) is 29.6 Å². The third kappa shape index (κ3) is 2.18. The lowest BCUT2D eigenvalue weighted by Gasteiger charge is -2.37. The monoisotopic (exact) mass is 338 g/mol. The van der Waals surface area contributed by atoms with E-state index in [0.29, 0.717) is 12.5 Å². The number of amides is 1. The van der Waals surface area contributed by atoms with Gasteiger partial charge in [-0.3, -0.25) is 9.20 Å². The molecule has 0 aromatic carbocycles. The van der Waals surface area contributed by atoms with E-state index >= 15 is 0 Å². The molecule has 1 aliphatic carbocycles. The average molecular weight is 338 g/mol. The molecule has 25 heavy (non-hydrogen) atoms. The largest absolute Gasteiger partial charge is 0.345 e. The average Bonchev–Trinajstić information content (AvgIpc) is 3.03. The molecule has 1 aliphatic heterocycles. The zero-order chi connectivity index (χ0) is 17.2. The number of hydrogen-bond donors (Lipinski definition) is 2. The van der Waals surface area contributed by atoms with E-state index in [-0.39, 0.29) is 11.8 Å². The molecule has 2 aliphatic rings. The van der Waals surface area contributed by atoms with Gasteiger partial charge < -0.3 is 15.6 Å². The normalized spacial score (nSPS) is 25.6. The van der Waals surface area contributed by atoms with Crippen LogP contribution in [0.2, 0.25) is 0 Å². The first-order valence-electron chi connectivity index (χ1n) is 8.94. The van der Waals surface area contributed by atoms with E-state index in [9.17, 15) is 4.79 Å². The fourth-order valence-corrected chi connectivity index (χ4v) is 4.02. The summed E-state index contributed by atoms with van der Waals surface area (Å²) in [4.78, 5) is 27.0. The van der Waals surface area contributed by atoms with Crippen molar-refractivity contribution in [1.82, 2.24) is 24.3 Å². The molecule has 2 atom stereocenters. The summed E-state index contributed by atoms with van der Waals surface area (Å²) in [6.07, 6.45) is 8.20. The summed E-state index contributed by atoms with van der Waals surface area (Å²) >= 11 is 0. The Morgan fingerprint density at radius 1 is 1.36 bits per heavy atom. The van der Waals surface area contributed by atoms with Crippen LogP contribution in [0.25, 0.3) is 16.7 Å². The van der Waals surface area contributed by atoms with Crippen LogP contribution in [-0.4, -0.2) is 48.8 Å². The molecule has 0 radical (unpaired) electrons. The standard InChI is InChI=1S/C18H22N6O/c1-11-3-7-23(17(25)18(19)4-5-18)10-13(11)16-22-9-12-8-21-15-14(24(12)16)2-6-20-15/h2,6,8-9,11,13,20H,3-5,7,10,19H2,1H3/t11-,13+/m1/s1. The van der Waals surface area contributed by atoms with Gasteiger partial charge in [-0.05, 0) is 31.2 Å². The van der Waals surface area contributed by atoms with Crippen LogP contribution in [-0.2, 0) is 4.79 Å².